The lowest BCUT2D eigenvalue weighted by molar-refractivity contribution is 0.101. The second-order valence-electron chi connectivity index (χ2n) is 5.80. The van der Waals surface area contributed by atoms with Gasteiger partial charge in [-0.1, -0.05) is 66.7 Å². The van der Waals surface area contributed by atoms with Gasteiger partial charge in [-0.25, -0.2) is 0 Å². The summed E-state index contributed by atoms with van der Waals surface area (Å²) in [6, 6.07) is 26.4. The molecule has 0 aliphatic rings. The monoisotopic (exact) mass is 316 g/mol. The third-order valence-electron chi connectivity index (χ3n) is 4.21. The molecule has 120 valence electrons. The molecule has 3 aromatic rings. The van der Waals surface area contributed by atoms with Crippen molar-refractivity contribution in [3.8, 4) is 5.75 Å². The highest BCUT2D eigenvalue weighted by atomic mass is 16.5. The van der Waals surface area contributed by atoms with E-state index < -0.39 is 0 Å². The maximum atomic E-state index is 11.5. The number of ether oxygens (including phenoxy) is 1. The lowest BCUT2D eigenvalue weighted by atomic mass is 9.84. The predicted molar refractivity (Wildman–Crippen MR) is 96.8 cm³/mol. The number of Topliss-reactive ketones (excluding diaryl/α,β-unsaturated/α-hetero) is 1. The molecular weight excluding hydrogens is 296 g/mol. The number of methoxy groups -OCH3 is 1. The van der Waals surface area contributed by atoms with Gasteiger partial charge in [-0.3, -0.25) is 4.79 Å². The maximum absolute atomic E-state index is 11.5. The Kier molecular flexibility index (Phi) is 4.76. The Morgan fingerprint density at radius 2 is 1.42 bits per heavy atom. The summed E-state index contributed by atoms with van der Waals surface area (Å²) in [4.78, 5) is 11.5. The molecule has 3 aromatic carbocycles. The fourth-order valence-corrected chi connectivity index (χ4v) is 2.95. The molecule has 0 bridgehead atoms. The molecule has 0 aromatic heterocycles. The van der Waals surface area contributed by atoms with Crippen molar-refractivity contribution in [1.29, 1.82) is 0 Å². The van der Waals surface area contributed by atoms with Crippen molar-refractivity contribution in [2.24, 2.45) is 0 Å². The van der Waals surface area contributed by atoms with E-state index in [9.17, 15) is 4.79 Å². The van der Waals surface area contributed by atoms with E-state index in [1.165, 1.54) is 5.56 Å². The number of hydrogen-bond acceptors (Lipinski definition) is 2. The molecule has 1 atom stereocenters. The number of carbonyl (C=O) groups is 1. The first-order valence-electron chi connectivity index (χ1n) is 7.99. The predicted octanol–water partition coefficient (Wildman–Crippen LogP) is 5.08. The summed E-state index contributed by atoms with van der Waals surface area (Å²) in [5.41, 5.74) is 4.26. The van der Waals surface area contributed by atoms with Crippen LogP contribution in [0.15, 0.2) is 78.9 Å². The minimum Gasteiger partial charge on any atom is -0.497 e. The molecule has 0 saturated heterocycles. The molecule has 0 heterocycles. The smallest absolute Gasteiger partial charge is 0.159 e. The van der Waals surface area contributed by atoms with Crippen LogP contribution in [0.1, 0.15) is 39.9 Å². The zero-order chi connectivity index (χ0) is 16.9. The number of hydrogen-bond donors (Lipinski definition) is 0. The van der Waals surface area contributed by atoms with E-state index >= 15 is 0 Å². The molecule has 3 rings (SSSR count). The topological polar surface area (TPSA) is 26.3 Å². The fraction of sp³-hybridized carbons (Fsp3) is 0.136. The molecule has 0 aliphatic carbocycles. The maximum Gasteiger partial charge on any atom is 0.159 e. The highest BCUT2D eigenvalue weighted by Crippen LogP contribution is 2.33. The number of carbonyl (C=O) groups excluding carboxylic acids is 1. The van der Waals surface area contributed by atoms with Gasteiger partial charge >= 0.3 is 0 Å². The Morgan fingerprint density at radius 3 is 2.04 bits per heavy atom. The van der Waals surface area contributed by atoms with Crippen molar-refractivity contribution in [2.75, 3.05) is 7.11 Å². The number of rotatable bonds is 5. The second kappa shape index (κ2) is 7.14. The molecule has 0 spiro atoms. The Hall–Kier alpha value is -2.87. The van der Waals surface area contributed by atoms with Crippen LogP contribution in [0.5, 0.6) is 5.75 Å². The summed E-state index contributed by atoms with van der Waals surface area (Å²) in [6.07, 6.45) is 0. The molecule has 2 nitrogen and oxygen atoms in total. The fourth-order valence-electron chi connectivity index (χ4n) is 2.95. The van der Waals surface area contributed by atoms with Crippen LogP contribution in [0.3, 0.4) is 0 Å². The summed E-state index contributed by atoms with van der Waals surface area (Å²) in [7, 11) is 1.68. The van der Waals surface area contributed by atoms with Crippen molar-refractivity contribution in [3.63, 3.8) is 0 Å². The molecule has 0 aliphatic heterocycles. The van der Waals surface area contributed by atoms with Gasteiger partial charge in [0.25, 0.3) is 0 Å². The van der Waals surface area contributed by atoms with E-state index in [0.717, 1.165) is 22.4 Å². The first-order valence-corrected chi connectivity index (χ1v) is 7.99. The Morgan fingerprint density at radius 1 is 0.792 bits per heavy atom. The van der Waals surface area contributed by atoms with E-state index in [1.54, 1.807) is 14.0 Å². The average molecular weight is 316 g/mol. The molecule has 0 N–H and O–H groups in total. The van der Waals surface area contributed by atoms with Crippen LogP contribution in [0.25, 0.3) is 0 Å². The number of ketones is 1. The molecule has 2 heteroatoms. The van der Waals surface area contributed by atoms with E-state index in [-0.39, 0.29) is 11.7 Å². The lowest BCUT2D eigenvalue weighted by Gasteiger charge is -2.19. The van der Waals surface area contributed by atoms with Crippen molar-refractivity contribution in [1.82, 2.24) is 0 Å². The molecule has 0 saturated carbocycles. The Labute approximate surface area is 142 Å². The van der Waals surface area contributed by atoms with Gasteiger partial charge in [-0.15, -0.1) is 0 Å². The molecular formula is C22H20O2. The van der Waals surface area contributed by atoms with Crippen LogP contribution in [-0.4, -0.2) is 12.9 Å². The van der Waals surface area contributed by atoms with E-state index in [0.29, 0.717) is 0 Å². The standard InChI is InChI=1S/C22H20O2/c1-16(23)17-11-13-19(14-12-17)22(18-7-4-3-5-8-18)20-9-6-10-21(15-20)24-2/h3-15,22H,1-2H3/t22-/m1/s1. The highest BCUT2D eigenvalue weighted by Gasteiger charge is 2.17. The highest BCUT2D eigenvalue weighted by molar-refractivity contribution is 5.94. The molecule has 0 amide bonds. The Balaban J connectivity index is 2.10. The van der Waals surface area contributed by atoms with Crippen LogP contribution in [-0.2, 0) is 0 Å². The zero-order valence-corrected chi connectivity index (χ0v) is 13.9. The van der Waals surface area contributed by atoms with Crippen LogP contribution >= 0.6 is 0 Å². The van der Waals surface area contributed by atoms with Crippen molar-refractivity contribution in [2.45, 2.75) is 12.8 Å². The third kappa shape index (κ3) is 3.38. The zero-order valence-electron chi connectivity index (χ0n) is 13.9. The van der Waals surface area contributed by atoms with Gasteiger partial charge in [0, 0.05) is 11.5 Å². The first-order chi connectivity index (χ1) is 11.7. The minimum absolute atomic E-state index is 0.0826. The van der Waals surface area contributed by atoms with E-state index in [2.05, 4.69) is 24.3 Å². The van der Waals surface area contributed by atoms with Gasteiger partial charge in [0.15, 0.2) is 5.78 Å². The first kappa shape index (κ1) is 16.0. The lowest BCUT2D eigenvalue weighted by Crippen LogP contribution is -2.04. The minimum atomic E-state index is 0.0826. The quantitative estimate of drug-likeness (QED) is 0.485. The van der Waals surface area contributed by atoms with Gasteiger partial charge < -0.3 is 4.74 Å². The van der Waals surface area contributed by atoms with Gasteiger partial charge in [0.1, 0.15) is 5.75 Å². The normalized spacial score (nSPS) is 11.8. The summed E-state index contributed by atoms with van der Waals surface area (Å²) in [5.74, 6) is 1.02. The van der Waals surface area contributed by atoms with Crippen molar-refractivity contribution < 1.29 is 9.53 Å². The van der Waals surface area contributed by atoms with Crippen molar-refractivity contribution >= 4 is 5.78 Å². The number of benzene rings is 3. The largest absolute Gasteiger partial charge is 0.497 e. The van der Waals surface area contributed by atoms with Crippen LogP contribution in [0.2, 0.25) is 0 Å². The van der Waals surface area contributed by atoms with Gasteiger partial charge in [-0.2, -0.15) is 0 Å². The van der Waals surface area contributed by atoms with Crippen LogP contribution < -0.4 is 4.74 Å². The van der Waals surface area contributed by atoms with Gasteiger partial charge in [0.2, 0.25) is 0 Å². The SMILES string of the molecule is COc1cccc([C@H](c2ccccc2)c2ccc(C(C)=O)cc2)c1. The van der Waals surface area contributed by atoms with Crippen molar-refractivity contribution in [3.05, 3.63) is 101 Å². The summed E-state index contributed by atoms with van der Waals surface area (Å²) >= 11 is 0. The van der Waals surface area contributed by atoms with Crippen LogP contribution in [0, 0.1) is 0 Å². The van der Waals surface area contributed by atoms with E-state index in [4.69, 9.17) is 4.74 Å². The summed E-state index contributed by atoms with van der Waals surface area (Å²) in [6.45, 7) is 1.59. The van der Waals surface area contributed by atoms with E-state index in [1.807, 2.05) is 54.6 Å². The molecule has 0 fully saturated rings. The third-order valence-corrected chi connectivity index (χ3v) is 4.21. The van der Waals surface area contributed by atoms with Crippen LogP contribution in [0.4, 0.5) is 0 Å². The summed E-state index contributed by atoms with van der Waals surface area (Å²) < 4.78 is 5.38. The van der Waals surface area contributed by atoms with Gasteiger partial charge in [0.05, 0.1) is 7.11 Å². The molecule has 0 unspecified atom stereocenters. The van der Waals surface area contributed by atoms with Gasteiger partial charge in [-0.05, 0) is 35.7 Å². The second-order valence-corrected chi connectivity index (χ2v) is 5.80. The molecule has 24 heavy (non-hydrogen) atoms. The average Bonchev–Trinajstić information content (AvgIpc) is 2.63. The molecule has 0 radical (unpaired) electrons. The Bertz CT molecular complexity index is 820. The summed E-state index contributed by atoms with van der Waals surface area (Å²) in [5, 5.41) is 0.